The van der Waals surface area contributed by atoms with Gasteiger partial charge in [-0.15, -0.1) is 0 Å². The van der Waals surface area contributed by atoms with E-state index in [9.17, 15) is 4.79 Å². The Morgan fingerprint density at radius 1 is 1.17 bits per heavy atom. The van der Waals surface area contributed by atoms with Crippen molar-refractivity contribution in [3.63, 3.8) is 0 Å². The predicted octanol–water partition coefficient (Wildman–Crippen LogP) is 1.80. The van der Waals surface area contributed by atoms with Crippen molar-refractivity contribution in [2.24, 2.45) is 5.73 Å². The molecule has 3 aromatic rings. The number of benzene rings is 1. The summed E-state index contributed by atoms with van der Waals surface area (Å²) in [6, 6.07) is 12.6. The zero-order valence-electron chi connectivity index (χ0n) is 13.0. The summed E-state index contributed by atoms with van der Waals surface area (Å²) in [6.45, 7) is 0.150. The van der Waals surface area contributed by atoms with Crippen molar-refractivity contribution in [1.82, 2.24) is 9.97 Å². The van der Waals surface area contributed by atoms with Gasteiger partial charge in [0.1, 0.15) is 5.82 Å². The number of hydrogen-bond acceptors (Lipinski definition) is 5. The Labute approximate surface area is 139 Å². The number of anilines is 1. The molecule has 4 N–H and O–H groups in total. The number of amides is 1. The second kappa shape index (κ2) is 7.16. The standard InChI is InChI=1S/C18H18N4O2/c19-9-15(13-3-1-12(11-23)2-4-13)18(24)22-17-6-5-14-10-20-8-7-16(14)21-17/h1-8,10,15,23H,9,11,19H2,(H,21,22,24)/t15-/m1/s1. The van der Waals surface area contributed by atoms with Crippen molar-refractivity contribution < 1.29 is 9.90 Å². The third-order valence-corrected chi connectivity index (χ3v) is 3.86. The molecule has 24 heavy (non-hydrogen) atoms. The van der Waals surface area contributed by atoms with E-state index in [4.69, 9.17) is 10.8 Å². The molecule has 0 aliphatic heterocycles. The summed E-state index contributed by atoms with van der Waals surface area (Å²) in [6.07, 6.45) is 3.38. The van der Waals surface area contributed by atoms with E-state index in [1.54, 1.807) is 36.7 Å². The summed E-state index contributed by atoms with van der Waals surface area (Å²) in [7, 11) is 0. The zero-order valence-corrected chi connectivity index (χ0v) is 13.0. The molecule has 1 atom stereocenters. The second-order valence-electron chi connectivity index (χ2n) is 5.44. The highest BCUT2D eigenvalue weighted by atomic mass is 16.3. The Hall–Kier alpha value is -2.83. The molecule has 2 heterocycles. The van der Waals surface area contributed by atoms with Crippen molar-refractivity contribution in [3.8, 4) is 0 Å². The second-order valence-corrected chi connectivity index (χ2v) is 5.44. The number of fused-ring (bicyclic) bond motifs is 1. The minimum Gasteiger partial charge on any atom is -0.392 e. The van der Waals surface area contributed by atoms with E-state index in [0.29, 0.717) is 5.82 Å². The average Bonchev–Trinajstić information content (AvgIpc) is 2.63. The number of aliphatic hydroxyl groups is 1. The first-order valence-corrected chi connectivity index (χ1v) is 7.62. The van der Waals surface area contributed by atoms with Gasteiger partial charge in [0.15, 0.2) is 0 Å². The van der Waals surface area contributed by atoms with Crippen molar-refractivity contribution in [2.75, 3.05) is 11.9 Å². The Bertz CT molecular complexity index is 849. The highest BCUT2D eigenvalue weighted by Gasteiger charge is 2.19. The van der Waals surface area contributed by atoms with E-state index in [2.05, 4.69) is 15.3 Å². The third-order valence-electron chi connectivity index (χ3n) is 3.86. The van der Waals surface area contributed by atoms with Gasteiger partial charge in [-0.3, -0.25) is 9.78 Å². The molecule has 3 rings (SSSR count). The van der Waals surface area contributed by atoms with E-state index in [0.717, 1.165) is 22.0 Å². The van der Waals surface area contributed by atoms with Crippen LogP contribution >= 0.6 is 0 Å². The normalized spacial score (nSPS) is 12.1. The number of nitrogens with two attached hydrogens (primary N) is 1. The molecule has 1 amide bonds. The van der Waals surface area contributed by atoms with Gasteiger partial charge in [0, 0.05) is 24.3 Å². The fourth-order valence-corrected chi connectivity index (χ4v) is 2.50. The average molecular weight is 322 g/mol. The molecule has 0 bridgehead atoms. The van der Waals surface area contributed by atoms with Crippen LogP contribution < -0.4 is 11.1 Å². The molecule has 0 saturated carbocycles. The van der Waals surface area contributed by atoms with Crippen LogP contribution in [-0.4, -0.2) is 27.5 Å². The number of rotatable bonds is 5. The lowest BCUT2D eigenvalue weighted by Gasteiger charge is -2.15. The van der Waals surface area contributed by atoms with Crippen molar-refractivity contribution in [3.05, 3.63) is 66.0 Å². The van der Waals surface area contributed by atoms with Gasteiger partial charge in [-0.2, -0.15) is 0 Å². The van der Waals surface area contributed by atoms with Crippen LogP contribution in [0.2, 0.25) is 0 Å². The quantitative estimate of drug-likeness (QED) is 0.665. The maximum absolute atomic E-state index is 12.5. The molecule has 2 aromatic heterocycles. The van der Waals surface area contributed by atoms with Crippen LogP contribution in [0.15, 0.2) is 54.9 Å². The number of pyridine rings is 2. The Morgan fingerprint density at radius 3 is 2.67 bits per heavy atom. The van der Waals surface area contributed by atoms with E-state index < -0.39 is 5.92 Å². The number of carbonyl (C=O) groups is 1. The number of nitrogens with one attached hydrogen (secondary N) is 1. The van der Waals surface area contributed by atoms with Gasteiger partial charge in [-0.1, -0.05) is 24.3 Å². The molecule has 0 radical (unpaired) electrons. The van der Waals surface area contributed by atoms with Gasteiger partial charge in [-0.25, -0.2) is 4.98 Å². The van der Waals surface area contributed by atoms with Gasteiger partial charge < -0.3 is 16.2 Å². The summed E-state index contributed by atoms with van der Waals surface area (Å²) in [5, 5.41) is 12.8. The summed E-state index contributed by atoms with van der Waals surface area (Å²) >= 11 is 0. The number of hydrogen-bond donors (Lipinski definition) is 3. The van der Waals surface area contributed by atoms with E-state index in [1.807, 2.05) is 18.2 Å². The topological polar surface area (TPSA) is 101 Å². The van der Waals surface area contributed by atoms with Crippen LogP contribution in [0.4, 0.5) is 5.82 Å². The molecule has 1 aromatic carbocycles. The van der Waals surface area contributed by atoms with Gasteiger partial charge in [-0.05, 0) is 29.3 Å². The molecular weight excluding hydrogens is 304 g/mol. The summed E-state index contributed by atoms with van der Waals surface area (Å²) in [5.74, 6) is -0.216. The Morgan fingerprint density at radius 2 is 1.96 bits per heavy atom. The maximum Gasteiger partial charge on any atom is 0.234 e. The van der Waals surface area contributed by atoms with Crippen LogP contribution in [0, 0.1) is 0 Å². The lowest BCUT2D eigenvalue weighted by Crippen LogP contribution is -2.27. The summed E-state index contributed by atoms with van der Waals surface area (Å²) in [4.78, 5) is 21.0. The lowest BCUT2D eigenvalue weighted by atomic mass is 9.97. The Kier molecular flexibility index (Phi) is 4.79. The van der Waals surface area contributed by atoms with Crippen LogP contribution in [-0.2, 0) is 11.4 Å². The van der Waals surface area contributed by atoms with Crippen LogP contribution in [0.25, 0.3) is 10.9 Å². The molecular formula is C18H18N4O2. The molecule has 6 nitrogen and oxygen atoms in total. The zero-order chi connectivity index (χ0) is 16.9. The van der Waals surface area contributed by atoms with Gasteiger partial charge in [0.05, 0.1) is 18.0 Å². The number of nitrogens with zero attached hydrogens (tertiary/aromatic N) is 2. The highest BCUT2D eigenvalue weighted by Crippen LogP contribution is 2.19. The smallest absolute Gasteiger partial charge is 0.234 e. The fourth-order valence-electron chi connectivity index (χ4n) is 2.50. The maximum atomic E-state index is 12.5. The molecule has 0 spiro atoms. The van der Waals surface area contributed by atoms with E-state index in [1.165, 1.54) is 0 Å². The number of aromatic nitrogens is 2. The first-order valence-electron chi connectivity index (χ1n) is 7.62. The minimum atomic E-state index is -0.479. The Balaban J connectivity index is 1.79. The highest BCUT2D eigenvalue weighted by molar-refractivity contribution is 5.96. The van der Waals surface area contributed by atoms with Crippen LogP contribution in [0.5, 0.6) is 0 Å². The van der Waals surface area contributed by atoms with E-state index in [-0.39, 0.29) is 19.1 Å². The first kappa shape index (κ1) is 16.0. The molecule has 122 valence electrons. The number of aliphatic hydroxyl groups excluding tert-OH is 1. The first-order chi connectivity index (χ1) is 11.7. The number of carbonyl (C=O) groups excluding carboxylic acids is 1. The van der Waals surface area contributed by atoms with Gasteiger partial charge in [0.2, 0.25) is 5.91 Å². The largest absolute Gasteiger partial charge is 0.392 e. The molecule has 0 fully saturated rings. The minimum absolute atomic E-state index is 0.0321. The van der Waals surface area contributed by atoms with Gasteiger partial charge >= 0.3 is 0 Å². The monoisotopic (exact) mass is 322 g/mol. The van der Waals surface area contributed by atoms with E-state index >= 15 is 0 Å². The third kappa shape index (κ3) is 3.40. The predicted molar refractivity (Wildman–Crippen MR) is 92.3 cm³/mol. The SMILES string of the molecule is NC[C@@H](C(=O)Nc1ccc2cnccc2n1)c1ccc(CO)cc1. The van der Waals surface area contributed by atoms with Crippen molar-refractivity contribution >= 4 is 22.6 Å². The molecule has 0 unspecified atom stereocenters. The molecule has 0 aliphatic carbocycles. The molecule has 6 heteroatoms. The summed E-state index contributed by atoms with van der Waals surface area (Å²) < 4.78 is 0. The lowest BCUT2D eigenvalue weighted by molar-refractivity contribution is -0.117. The fraction of sp³-hybridized carbons (Fsp3) is 0.167. The van der Waals surface area contributed by atoms with Crippen LogP contribution in [0.1, 0.15) is 17.0 Å². The van der Waals surface area contributed by atoms with Crippen molar-refractivity contribution in [2.45, 2.75) is 12.5 Å². The van der Waals surface area contributed by atoms with Crippen molar-refractivity contribution in [1.29, 1.82) is 0 Å². The molecule has 0 saturated heterocycles. The molecule has 0 aliphatic rings. The van der Waals surface area contributed by atoms with Crippen LogP contribution in [0.3, 0.4) is 0 Å². The van der Waals surface area contributed by atoms with Gasteiger partial charge in [0.25, 0.3) is 0 Å². The summed E-state index contributed by atoms with van der Waals surface area (Å²) in [5.41, 5.74) is 8.14.